The predicted molar refractivity (Wildman–Crippen MR) is 66.5 cm³/mol. The molecule has 0 bridgehead atoms. The van der Waals surface area contributed by atoms with E-state index in [1.807, 2.05) is 0 Å². The highest BCUT2D eigenvalue weighted by atomic mass is 16.5. The summed E-state index contributed by atoms with van der Waals surface area (Å²) >= 11 is 0. The Balaban J connectivity index is 2.42. The van der Waals surface area contributed by atoms with E-state index in [-0.39, 0.29) is 18.2 Å². The number of carboxylic acids is 1. The molecule has 1 saturated heterocycles. The third kappa shape index (κ3) is 4.18. The molecule has 0 aromatic heterocycles. The molecule has 3 N–H and O–H groups in total. The van der Waals surface area contributed by atoms with E-state index in [0.29, 0.717) is 6.61 Å². The lowest BCUT2D eigenvalue weighted by molar-refractivity contribution is -0.135. The van der Waals surface area contributed by atoms with Crippen LogP contribution >= 0.6 is 0 Å². The molecule has 1 rings (SSSR count). The fraction of sp³-hybridized carbons (Fsp3) is 0.833. The molecule has 1 aliphatic rings. The maximum Gasteiger partial charge on any atom is 0.323 e. The van der Waals surface area contributed by atoms with Crippen molar-refractivity contribution < 1.29 is 19.4 Å². The molecule has 0 spiro atoms. The third-order valence-electron chi connectivity index (χ3n) is 3.52. The van der Waals surface area contributed by atoms with Crippen molar-refractivity contribution in [1.29, 1.82) is 0 Å². The van der Waals surface area contributed by atoms with Gasteiger partial charge in [-0.15, -0.1) is 0 Å². The van der Waals surface area contributed by atoms with Gasteiger partial charge in [-0.2, -0.15) is 0 Å². The number of carbonyl (C=O) groups excluding carboxylic acids is 1. The van der Waals surface area contributed by atoms with Crippen LogP contribution in [0.1, 0.15) is 39.5 Å². The molecule has 1 aliphatic heterocycles. The maximum absolute atomic E-state index is 11.5. The van der Waals surface area contributed by atoms with Gasteiger partial charge in [-0.1, -0.05) is 13.8 Å². The minimum atomic E-state index is -1.05. The van der Waals surface area contributed by atoms with Crippen LogP contribution in [0.5, 0.6) is 0 Å². The highest BCUT2D eigenvalue weighted by Gasteiger charge is 2.34. The van der Waals surface area contributed by atoms with Crippen LogP contribution in [0.25, 0.3) is 0 Å². The lowest BCUT2D eigenvalue weighted by Gasteiger charge is -2.40. The van der Waals surface area contributed by atoms with E-state index in [1.165, 1.54) is 0 Å². The zero-order valence-corrected chi connectivity index (χ0v) is 11.0. The average molecular weight is 258 g/mol. The Morgan fingerprint density at radius 1 is 1.39 bits per heavy atom. The number of hydrogen-bond acceptors (Lipinski definition) is 3. The second-order valence-corrected chi connectivity index (χ2v) is 4.65. The highest BCUT2D eigenvalue weighted by Crippen LogP contribution is 2.31. The number of carbonyl (C=O) groups is 2. The quantitative estimate of drug-likeness (QED) is 0.689. The van der Waals surface area contributed by atoms with Gasteiger partial charge in [0.1, 0.15) is 6.54 Å². The molecule has 0 saturated carbocycles. The second kappa shape index (κ2) is 6.58. The molecular weight excluding hydrogens is 236 g/mol. The monoisotopic (exact) mass is 258 g/mol. The smallest absolute Gasteiger partial charge is 0.323 e. The summed E-state index contributed by atoms with van der Waals surface area (Å²) in [5.41, 5.74) is -0.150. The first-order valence-electron chi connectivity index (χ1n) is 6.41. The van der Waals surface area contributed by atoms with Gasteiger partial charge < -0.3 is 20.5 Å². The van der Waals surface area contributed by atoms with Gasteiger partial charge in [0, 0.05) is 12.6 Å². The normalized spacial score (nSPS) is 22.2. The van der Waals surface area contributed by atoms with Crippen LogP contribution in [0.3, 0.4) is 0 Å². The van der Waals surface area contributed by atoms with Crippen molar-refractivity contribution >= 4 is 12.0 Å². The fourth-order valence-corrected chi connectivity index (χ4v) is 2.29. The van der Waals surface area contributed by atoms with Crippen LogP contribution in [0.2, 0.25) is 0 Å². The molecular formula is C12H22N2O4. The van der Waals surface area contributed by atoms with Crippen molar-refractivity contribution in [2.24, 2.45) is 0 Å². The van der Waals surface area contributed by atoms with Gasteiger partial charge in [-0.3, -0.25) is 4.79 Å². The van der Waals surface area contributed by atoms with Crippen LogP contribution in [0.4, 0.5) is 4.79 Å². The largest absolute Gasteiger partial charge is 0.480 e. The van der Waals surface area contributed by atoms with Gasteiger partial charge in [-0.25, -0.2) is 4.79 Å². The fourth-order valence-electron chi connectivity index (χ4n) is 2.29. The van der Waals surface area contributed by atoms with Crippen molar-refractivity contribution in [2.75, 3.05) is 13.2 Å². The molecule has 0 aromatic rings. The van der Waals surface area contributed by atoms with Crippen molar-refractivity contribution in [3.05, 3.63) is 0 Å². The first kappa shape index (κ1) is 14.8. The van der Waals surface area contributed by atoms with Crippen LogP contribution in [-0.2, 0) is 9.53 Å². The van der Waals surface area contributed by atoms with Gasteiger partial charge in [-0.05, 0) is 25.7 Å². The summed E-state index contributed by atoms with van der Waals surface area (Å²) in [4.78, 5) is 21.8. The lowest BCUT2D eigenvalue weighted by atomic mass is 9.86. The molecule has 6 nitrogen and oxygen atoms in total. The van der Waals surface area contributed by atoms with Crippen molar-refractivity contribution in [3.8, 4) is 0 Å². The van der Waals surface area contributed by atoms with Gasteiger partial charge >= 0.3 is 12.0 Å². The van der Waals surface area contributed by atoms with E-state index in [0.717, 1.165) is 25.7 Å². The second-order valence-electron chi connectivity index (χ2n) is 4.65. The van der Waals surface area contributed by atoms with Crippen LogP contribution < -0.4 is 10.6 Å². The first-order valence-corrected chi connectivity index (χ1v) is 6.41. The van der Waals surface area contributed by atoms with E-state index in [1.54, 1.807) is 0 Å². The third-order valence-corrected chi connectivity index (χ3v) is 3.52. The number of ether oxygens (including phenoxy) is 1. The summed E-state index contributed by atoms with van der Waals surface area (Å²) in [6.07, 6.45) is 3.37. The molecule has 0 aliphatic carbocycles. The first-order chi connectivity index (χ1) is 8.51. The zero-order valence-electron chi connectivity index (χ0n) is 11.0. The summed E-state index contributed by atoms with van der Waals surface area (Å²) < 4.78 is 5.81. The Kier molecular flexibility index (Phi) is 5.40. The van der Waals surface area contributed by atoms with Crippen molar-refractivity contribution in [3.63, 3.8) is 0 Å². The standard InChI is InChI=1S/C12H22N2O4/c1-3-12(4-2)7-9(5-6-18-12)14-11(17)13-8-10(15)16/h9H,3-8H2,1-2H3,(H,15,16)(H2,13,14,17). The van der Waals surface area contributed by atoms with Crippen LogP contribution in [0.15, 0.2) is 0 Å². The number of hydrogen-bond donors (Lipinski definition) is 3. The molecule has 0 radical (unpaired) electrons. The number of amides is 2. The number of aliphatic carboxylic acids is 1. The number of rotatable bonds is 5. The molecule has 1 atom stereocenters. The molecule has 2 amide bonds. The highest BCUT2D eigenvalue weighted by molar-refractivity contribution is 5.79. The number of nitrogens with one attached hydrogen (secondary N) is 2. The van der Waals surface area contributed by atoms with E-state index >= 15 is 0 Å². The summed E-state index contributed by atoms with van der Waals surface area (Å²) in [5.74, 6) is -1.05. The van der Waals surface area contributed by atoms with Gasteiger partial charge in [0.2, 0.25) is 0 Å². The SMILES string of the molecule is CCC1(CC)CC(NC(=O)NCC(=O)O)CCO1. The lowest BCUT2D eigenvalue weighted by Crippen LogP contribution is -2.51. The summed E-state index contributed by atoms with van der Waals surface area (Å²) in [6.45, 7) is 4.43. The summed E-state index contributed by atoms with van der Waals surface area (Å²) in [5, 5.41) is 13.6. The zero-order chi connectivity index (χ0) is 13.6. The molecule has 0 aromatic carbocycles. The minimum absolute atomic E-state index is 0.0486. The van der Waals surface area contributed by atoms with Crippen molar-refractivity contribution in [1.82, 2.24) is 10.6 Å². The van der Waals surface area contributed by atoms with Gasteiger partial charge in [0.25, 0.3) is 0 Å². The average Bonchev–Trinajstić information content (AvgIpc) is 2.36. The van der Waals surface area contributed by atoms with Gasteiger partial charge in [0.15, 0.2) is 0 Å². The van der Waals surface area contributed by atoms with Crippen molar-refractivity contribution in [2.45, 2.75) is 51.2 Å². The summed E-state index contributed by atoms with van der Waals surface area (Å²) in [7, 11) is 0. The topological polar surface area (TPSA) is 87.7 Å². The molecule has 1 heterocycles. The van der Waals surface area contributed by atoms with E-state index < -0.39 is 12.0 Å². The Morgan fingerprint density at radius 3 is 2.61 bits per heavy atom. The molecule has 1 fully saturated rings. The maximum atomic E-state index is 11.5. The predicted octanol–water partition coefficient (Wildman–Crippen LogP) is 1.11. The Morgan fingerprint density at radius 2 is 2.06 bits per heavy atom. The van der Waals surface area contributed by atoms with E-state index in [2.05, 4.69) is 24.5 Å². The Labute approximate surface area is 107 Å². The van der Waals surface area contributed by atoms with Gasteiger partial charge in [0.05, 0.1) is 5.60 Å². The Bertz CT molecular complexity index is 302. The Hall–Kier alpha value is -1.30. The molecule has 104 valence electrons. The van der Waals surface area contributed by atoms with E-state index in [9.17, 15) is 9.59 Å². The van der Waals surface area contributed by atoms with E-state index in [4.69, 9.17) is 9.84 Å². The van der Waals surface area contributed by atoms with Crippen LogP contribution in [0, 0.1) is 0 Å². The molecule has 6 heteroatoms. The summed E-state index contributed by atoms with van der Waals surface area (Å²) in [6, 6.07) is -0.377. The van der Waals surface area contributed by atoms with Crippen LogP contribution in [-0.4, -0.2) is 41.9 Å². The number of urea groups is 1. The minimum Gasteiger partial charge on any atom is -0.480 e. The number of carboxylic acid groups (broad SMARTS) is 1. The molecule has 18 heavy (non-hydrogen) atoms. The molecule has 1 unspecified atom stereocenters.